The Morgan fingerprint density at radius 3 is 2.70 bits per heavy atom. The minimum Gasteiger partial charge on any atom is -0.497 e. The van der Waals surface area contributed by atoms with Crippen molar-refractivity contribution < 1.29 is 18.4 Å². The molecule has 0 aliphatic heterocycles. The fraction of sp³-hybridized carbons (Fsp3) is 0.259. The van der Waals surface area contributed by atoms with Gasteiger partial charge in [-0.3, -0.25) is 4.79 Å². The number of H-pyrrole nitrogens is 1. The lowest BCUT2D eigenvalue weighted by Crippen LogP contribution is -3.10. The SMILES string of the molecule is CCC(c1nnnn1Cc1ccc(F)cc1)[NH+](Cc1ccco1)Cc1cc2cc(OC)ccc2[nH]c1=O. The van der Waals surface area contributed by atoms with Crippen molar-refractivity contribution in [2.24, 2.45) is 0 Å². The van der Waals surface area contributed by atoms with Gasteiger partial charge in [0.05, 0.1) is 25.5 Å². The molecular weight excluding hydrogens is 475 g/mol. The molecule has 0 bridgehead atoms. The van der Waals surface area contributed by atoms with Crippen LogP contribution in [0.4, 0.5) is 4.39 Å². The highest BCUT2D eigenvalue weighted by Gasteiger charge is 2.30. The summed E-state index contributed by atoms with van der Waals surface area (Å²) in [5, 5.41) is 13.4. The number of aromatic nitrogens is 5. The number of hydrogen-bond donors (Lipinski definition) is 2. The number of tetrazole rings is 1. The van der Waals surface area contributed by atoms with Crippen LogP contribution in [0.15, 0.2) is 76.1 Å². The van der Waals surface area contributed by atoms with Crippen molar-refractivity contribution in [1.29, 1.82) is 0 Å². The minimum absolute atomic E-state index is 0.138. The summed E-state index contributed by atoms with van der Waals surface area (Å²) in [5.74, 6) is 1.91. The number of furan rings is 1. The first-order valence-electron chi connectivity index (χ1n) is 12.1. The van der Waals surface area contributed by atoms with Gasteiger partial charge < -0.3 is 19.0 Å². The molecule has 0 saturated heterocycles. The summed E-state index contributed by atoms with van der Waals surface area (Å²) in [5.41, 5.74) is 2.13. The summed E-state index contributed by atoms with van der Waals surface area (Å²) < 4.78 is 26.2. The largest absolute Gasteiger partial charge is 0.497 e. The second-order valence-electron chi connectivity index (χ2n) is 8.95. The molecule has 5 aromatic rings. The predicted molar refractivity (Wildman–Crippen MR) is 135 cm³/mol. The fourth-order valence-corrected chi connectivity index (χ4v) is 4.67. The molecule has 10 heteroatoms. The van der Waals surface area contributed by atoms with Crippen molar-refractivity contribution in [1.82, 2.24) is 25.2 Å². The van der Waals surface area contributed by atoms with Gasteiger partial charge in [0.15, 0.2) is 5.76 Å². The number of fused-ring (bicyclic) bond motifs is 1. The average Bonchev–Trinajstić information content (AvgIpc) is 3.58. The summed E-state index contributed by atoms with van der Waals surface area (Å²) in [6, 6.07) is 17.4. The molecule has 0 aliphatic rings. The zero-order valence-corrected chi connectivity index (χ0v) is 20.6. The summed E-state index contributed by atoms with van der Waals surface area (Å²) in [6.07, 6.45) is 2.36. The standard InChI is InChI=1S/C27H27FN6O3/c1-3-25(26-30-31-32-34(26)15-18-6-8-21(28)9-7-18)33(17-23-5-4-12-37-23)16-20-13-19-14-22(36-2)10-11-24(19)29-27(20)35/h4-14,25H,3,15-17H2,1-2H3,(H,29,35)/p+1. The third-order valence-electron chi connectivity index (χ3n) is 6.55. The number of ether oxygens (including phenoxy) is 1. The van der Waals surface area contributed by atoms with Gasteiger partial charge in [-0.1, -0.05) is 19.1 Å². The Morgan fingerprint density at radius 2 is 1.97 bits per heavy atom. The van der Waals surface area contributed by atoms with E-state index in [0.29, 0.717) is 31.0 Å². The molecule has 37 heavy (non-hydrogen) atoms. The number of hydrogen-bond acceptors (Lipinski definition) is 6. The fourth-order valence-electron chi connectivity index (χ4n) is 4.67. The first kappa shape index (κ1) is 24.4. The molecule has 0 aliphatic carbocycles. The Labute approximate surface area is 212 Å². The molecule has 5 rings (SSSR count). The van der Waals surface area contributed by atoms with Crippen LogP contribution in [0.25, 0.3) is 10.9 Å². The van der Waals surface area contributed by atoms with Gasteiger partial charge in [0.1, 0.15) is 30.7 Å². The van der Waals surface area contributed by atoms with Crippen LogP contribution >= 0.6 is 0 Å². The van der Waals surface area contributed by atoms with Gasteiger partial charge in [0.25, 0.3) is 5.56 Å². The van der Waals surface area contributed by atoms with E-state index in [2.05, 4.69) is 27.4 Å². The quantitative estimate of drug-likeness (QED) is 0.304. The lowest BCUT2D eigenvalue weighted by atomic mass is 10.1. The lowest BCUT2D eigenvalue weighted by Gasteiger charge is -2.26. The van der Waals surface area contributed by atoms with E-state index < -0.39 is 0 Å². The summed E-state index contributed by atoms with van der Waals surface area (Å²) in [7, 11) is 1.62. The molecule has 3 heterocycles. The molecule has 3 aromatic heterocycles. The number of methoxy groups -OCH3 is 1. The third-order valence-corrected chi connectivity index (χ3v) is 6.55. The van der Waals surface area contributed by atoms with Gasteiger partial charge >= 0.3 is 0 Å². The Kier molecular flexibility index (Phi) is 7.09. The van der Waals surface area contributed by atoms with Crippen molar-refractivity contribution >= 4 is 10.9 Å². The van der Waals surface area contributed by atoms with Crippen LogP contribution < -0.4 is 15.2 Å². The van der Waals surface area contributed by atoms with E-state index in [1.807, 2.05) is 36.4 Å². The van der Waals surface area contributed by atoms with Gasteiger partial charge in [-0.15, -0.1) is 5.10 Å². The Balaban J connectivity index is 1.50. The van der Waals surface area contributed by atoms with Crippen molar-refractivity contribution in [2.75, 3.05) is 7.11 Å². The predicted octanol–water partition coefficient (Wildman–Crippen LogP) is 3.04. The van der Waals surface area contributed by atoms with E-state index in [1.165, 1.54) is 12.1 Å². The van der Waals surface area contributed by atoms with E-state index in [4.69, 9.17) is 9.15 Å². The molecule has 0 saturated carbocycles. The van der Waals surface area contributed by atoms with Gasteiger partial charge in [-0.25, -0.2) is 9.07 Å². The van der Waals surface area contributed by atoms with Crippen molar-refractivity contribution in [3.63, 3.8) is 0 Å². The highest BCUT2D eigenvalue weighted by Crippen LogP contribution is 2.19. The maximum absolute atomic E-state index is 13.4. The smallest absolute Gasteiger partial charge is 0.257 e. The first-order valence-corrected chi connectivity index (χ1v) is 12.1. The van der Waals surface area contributed by atoms with Gasteiger partial charge in [-0.05, 0) is 64.5 Å². The molecule has 2 unspecified atom stereocenters. The average molecular weight is 504 g/mol. The topological polar surface area (TPSA) is 103 Å². The van der Waals surface area contributed by atoms with Crippen LogP contribution in [-0.2, 0) is 19.6 Å². The van der Waals surface area contributed by atoms with Gasteiger partial charge in [-0.2, -0.15) is 0 Å². The number of pyridine rings is 1. The van der Waals surface area contributed by atoms with Crippen LogP contribution in [0.1, 0.15) is 42.1 Å². The van der Waals surface area contributed by atoms with Crippen molar-refractivity contribution in [3.8, 4) is 5.75 Å². The number of benzene rings is 2. The highest BCUT2D eigenvalue weighted by molar-refractivity contribution is 5.80. The minimum atomic E-state index is -0.292. The maximum atomic E-state index is 13.4. The normalized spacial score (nSPS) is 13.1. The lowest BCUT2D eigenvalue weighted by molar-refractivity contribution is -0.960. The molecule has 0 fully saturated rings. The molecule has 2 aromatic carbocycles. The summed E-state index contributed by atoms with van der Waals surface area (Å²) in [6.45, 7) is 3.43. The van der Waals surface area contributed by atoms with E-state index >= 15 is 0 Å². The summed E-state index contributed by atoms with van der Waals surface area (Å²) >= 11 is 0. The monoisotopic (exact) mass is 503 g/mol. The van der Waals surface area contributed by atoms with Gasteiger partial charge in [0, 0.05) is 17.3 Å². The van der Waals surface area contributed by atoms with Crippen LogP contribution in [-0.4, -0.2) is 32.3 Å². The van der Waals surface area contributed by atoms with Crippen molar-refractivity contribution in [2.45, 2.75) is 39.0 Å². The third kappa shape index (κ3) is 5.44. The number of aromatic amines is 1. The first-order chi connectivity index (χ1) is 18.0. The van der Waals surface area contributed by atoms with Gasteiger partial charge in [0.2, 0.25) is 5.82 Å². The Morgan fingerprint density at radius 1 is 1.14 bits per heavy atom. The zero-order chi connectivity index (χ0) is 25.8. The molecule has 0 radical (unpaired) electrons. The number of rotatable bonds is 10. The molecule has 2 atom stereocenters. The van der Waals surface area contributed by atoms with Crippen molar-refractivity contribution in [3.05, 3.63) is 106 Å². The molecule has 0 spiro atoms. The van der Waals surface area contributed by atoms with E-state index in [0.717, 1.165) is 39.3 Å². The molecule has 2 N–H and O–H groups in total. The molecule has 190 valence electrons. The zero-order valence-electron chi connectivity index (χ0n) is 20.6. The Bertz CT molecular complexity index is 1530. The van der Waals surface area contributed by atoms with E-state index in [9.17, 15) is 9.18 Å². The number of halogens is 1. The number of nitrogens with zero attached hydrogens (tertiary/aromatic N) is 4. The van der Waals surface area contributed by atoms with Crippen LogP contribution in [0.2, 0.25) is 0 Å². The summed E-state index contributed by atoms with van der Waals surface area (Å²) in [4.78, 5) is 17.1. The highest BCUT2D eigenvalue weighted by atomic mass is 19.1. The number of quaternary nitrogens is 1. The van der Waals surface area contributed by atoms with Crippen LogP contribution in [0.3, 0.4) is 0 Å². The van der Waals surface area contributed by atoms with E-state index in [-0.39, 0.29) is 17.4 Å². The maximum Gasteiger partial charge on any atom is 0.257 e. The second-order valence-corrected chi connectivity index (χ2v) is 8.95. The molecule has 9 nitrogen and oxygen atoms in total. The Hall–Kier alpha value is -4.31. The number of nitrogens with one attached hydrogen (secondary N) is 2. The van der Waals surface area contributed by atoms with E-state index in [1.54, 1.807) is 30.2 Å². The molecular formula is C27H28FN6O3+. The van der Waals surface area contributed by atoms with Crippen LogP contribution in [0, 0.1) is 5.82 Å². The molecule has 0 amide bonds. The van der Waals surface area contributed by atoms with Crippen LogP contribution in [0.5, 0.6) is 5.75 Å². The second kappa shape index (κ2) is 10.8.